The maximum atomic E-state index is 10.9. The van der Waals surface area contributed by atoms with Crippen LogP contribution in [0.1, 0.15) is 26.3 Å². The molecule has 0 aliphatic heterocycles. The van der Waals surface area contributed by atoms with Gasteiger partial charge < -0.3 is 15.5 Å². The Labute approximate surface area is 98.1 Å². The molecule has 0 aliphatic rings. The Morgan fingerprint density at radius 2 is 2.00 bits per heavy atom. The first-order chi connectivity index (χ1) is 8.06. The van der Waals surface area contributed by atoms with Crippen LogP contribution < -0.4 is 5.32 Å². The lowest BCUT2D eigenvalue weighted by Crippen LogP contribution is -2.06. The van der Waals surface area contributed by atoms with Crippen molar-refractivity contribution in [2.45, 2.75) is 0 Å². The van der Waals surface area contributed by atoms with Crippen LogP contribution in [0.4, 0.5) is 0 Å². The highest BCUT2D eigenvalue weighted by Crippen LogP contribution is 2.11. The fourth-order valence-corrected chi connectivity index (χ4v) is 1.20. The summed E-state index contributed by atoms with van der Waals surface area (Å²) in [5.74, 6) is 3.09. The topological polar surface area (TPSA) is 86.6 Å². The van der Waals surface area contributed by atoms with Gasteiger partial charge in [0.1, 0.15) is 0 Å². The molecule has 0 bridgehead atoms. The van der Waals surface area contributed by atoms with Crippen LogP contribution in [0.2, 0.25) is 0 Å². The lowest BCUT2D eigenvalue weighted by molar-refractivity contribution is 0.0681. The maximum absolute atomic E-state index is 10.9. The summed E-state index contributed by atoms with van der Waals surface area (Å²) >= 11 is 0. The van der Waals surface area contributed by atoms with Crippen molar-refractivity contribution in [1.29, 1.82) is 0 Å². The number of carboxylic acid groups (broad SMARTS) is 2. The van der Waals surface area contributed by atoms with Crippen LogP contribution in [-0.4, -0.2) is 35.7 Å². The molecule has 3 N–H and O–H groups in total. The average Bonchev–Trinajstić information content (AvgIpc) is 2.28. The molecule has 0 unspecified atom stereocenters. The molecule has 0 atom stereocenters. The number of nitrogens with one attached hydrogen (secondary N) is 1. The van der Waals surface area contributed by atoms with Gasteiger partial charge in [0.15, 0.2) is 0 Å². The molecule has 0 radical (unpaired) electrons. The normalized spacial score (nSPS) is 9.24. The number of aromatic carboxylic acids is 2. The molecule has 88 valence electrons. The average molecular weight is 233 g/mol. The van der Waals surface area contributed by atoms with E-state index in [-0.39, 0.29) is 16.7 Å². The van der Waals surface area contributed by atoms with Gasteiger partial charge in [-0.15, -0.1) is 0 Å². The molecule has 5 nitrogen and oxygen atoms in total. The summed E-state index contributed by atoms with van der Waals surface area (Å²) in [5, 5.41) is 20.5. The Bertz CT molecular complexity index is 511. The molecule has 1 aromatic rings. The van der Waals surface area contributed by atoms with Crippen molar-refractivity contribution in [1.82, 2.24) is 5.32 Å². The molecule has 17 heavy (non-hydrogen) atoms. The molecule has 0 aliphatic carbocycles. The zero-order valence-corrected chi connectivity index (χ0v) is 9.15. The number of carboxylic acids is 2. The molecular formula is C12H11NO4. The standard InChI is InChI=1S/C12H11NO4/c1-13-6-2-3-8-7-9(11(14)15)4-5-10(8)12(16)17/h4-5,7,13H,6H2,1H3,(H,14,15)(H,16,17). The fourth-order valence-electron chi connectivity index (χ4n) is 1.20. The molecule has 1 rings (SSSR count). The second-order valence-electron chi connectivity index (χ2n) is 3.20. The van der Waals surface area contributed by atoms with Gasteiger partial charge in [-0.05, 0) is 25.2 Å². The van der Waals surface area contributed by atoms with Crippen LogP contribution in [0.3, 0.4) is 0 Å². The van der Waals surface area contributed by atoms with Crippen LogP contribution >= 0.6 is 0 Å². The Morgan fingerprint density at radius 1 is 1.29 bits per heavy atom. The summed E-state index contributed by atoms with van der Waals surface area (Å²) in [7, 11) is 1.71. The Kier molecular flexibility index (Phi) is 4.26. The van der Waals surface area contributed by atoms with E-state index in [2.05, 4.69) is 17.2 Å². The van der Waals surface area contributed by atoms with Crippen LogP contribution in [0.5, 0.6) is 0 Å². The second-order valence-corrected chi connectivity index (χ2v) is 3.20. The van der Waals surface area contributed by atoms with E-state index < -0.39 is 11.9 Å². The summed E-state index contributed by atoms with van der Waals surface area (Å²) in [6.07, 6.45) is 0. The van der Waals surface area contributed by atoms with Crippen LogP contribution in [-0.2, 0) is 0 Å². The second kappa shape index (κ2) is 5.68. The summed E-state index contributed by atoms with van der Waals surface area (Å²) in [6, 6.07) is 3.75. The highest BCUT2D eigenvalue weighted by atomic mass is 16.4. The maximum Gasteiger partial charge on any atom is 0.336 e. The number of hydrogen-bond donors (Lipinski definition) is 3. The lowest BCUT2D eigenvalue weighted by atomic mass is 10.0. The SMILES string of the molecule is CNCC#Cc1cc(C(=O)O)ccc1C(=O)O. The van der Waals surface area contributed by atoms with Crippen LogP contribution in [0, 0.1) is 11.8 Å². The molecule has 0 spiro atoms. The van der Waals surface area contributed by atoms with Gasteiger partial charge >= 0.3 is 11.9 Å². The predicted molar refractivity (Wildman–Crippen MR) is 61.2 cm³/mol. The van der Waals surface area contributed by atoms with E-state index in [0.717, 1.165) is 0 Å². The van der Waals surface area contributed by atoms with E-state index in [0.29, 0.717) is 6.54 Å². The number of hydrogen-bond acceptors (Lipinski definition) is 3. The molecule has 0 amide bonds. The third-order valence-electron chi connectivity index (χ3n) is 1.99. The first-order valence-corrected chi connectivity index (χ1v) is 4.80. The third kappa shape index (κ3) is 3.33. The minimum Gasteiger partial charge on any atom is -0.478 e. The minimum absolute atomic E-state index is 0.00129. The number of benzene rings is 1. The van der Waals surface area contributed by atoms with E-state index >= 15 is 0 Å². The molecular weight excluding hydrogens is 222 g/mol. The number of rotatable bonds is 3. The highest BCUT2D eigenvalue weighted by Gasteiger charge is 2.11. The summed E-state index contributed by atoms with van der Waals surface area (Å²) in [4.78, 5) is 21.7. The van der Waals surface area contributed by atoms with Crippen molar-refractivity contribution in [3.8, 4) is 11.8 Å². The molecule has 0 heterocycles. The van der Waals surface area contributed by atoms with Gasteiger partial charge in [0.25, 0.3) is 0 Å². The van der Waals surface area contributed by atoms with Gasteiger partial charge in [-0.25, -0.2) is 9.59 Å². The van der Waals surface area contributed by atoms with Crippen LogP contribution in [0.25, 0.3) is 0 Å². The predicted octanol–water partition coefficient (Wildman–Crippen LogP) is 0.654. The van der Waals surface area contributed by atoms with Crippen molar-refractivity contribution in [2.24, 2.45) is 0 Å². The van der Waals surface area contributed by atoms with Crippen LogP contribution in [0.15, 0.2) is 18.2 Å². The molecule has 0 saturated carbocycles. The molecule has 1 aromatic carbocycles. The van der Waals surface area contributed by atoms with E-state index in [9.17, 15) is 9.59 Å². The zero-order chi connectivity index (χ0) is 12.8. The van der Waals surface area contributed by atoms with Gasteiger partial charge in [0.2, 0.25) is 0 Å². The smallest absolute Gasteiger partial charge is 0.336 e. The monoisotopic (exact) mass is 233 g/mol. The van der Waals surface area contributed by atoms with Gasteiger partial charge in [0, 0.05) is 5.56 Å². The third-order valence-corrected chi connectivity index (χ3v) is 1.99. The first kappa shape index (κ1) is 12.7. The molecule has 0 aromatic heterocycles. The van der Waals surface area contributed by atoms with Crippen molar-refractivity contribution in [3.63, 3.8) is 0 Å². The lowest BCUT2D eigenvalue weighted by Gasteiger charge is -2.01. The van der Waals surface area contributed by atoms with Gasteiger partial charge in [-0.1, -0.05) is 11.8 Å². The first-order valence-electron chi connectivity index (χ1n) is 4.80. The summed E-state index contributed by atoms with van der Waals surface area (Å²) in [5.41, 5.74) is 0.218. The van der Waals surface area contributed by atoms with Gasteiger partial charge in [-0.2, -0.15) is 0 Å². The zero-order valence-electron chi connectivity index (χ0n) is 9.15. The molecule has 0 saturated heterocycles. The van der Waals surface area contributed by atoms with Gasteiger partial charge in [-0.3, -0.25) is 0 Å². The number of carbonyl (C=O) groups is 2. The van der Waals surface area contributed by atoms with Crippen molar-refractivity contribution >= 4 is 11.9 Å². The highest BCUT2D eigenvalue weighted by molar-refractivity contribution is 5.94. The summed E-state index contributed by atoms with van der Waals surface area (Å²) in [6.45, 7) is 0.399. The molecule has 0 fully saturated rings. The van der Waals surface area contributed by atoms with E-state index in [1.807, 2.05) is 0 Å². The largest absolute Gasteiger partial charge is 0.478 e. The summed E-state index contributed by atoms with van der Waals surface area (Å²) < 4.78 is 0. The van der Waals surface area contributed by atoms with E-state index in [4.69, 9.17) is 10.2 Å². The van der Waals surface area contributed by atoms with Crippen molar-refractivity contribution in [2.75, 3.05) is 13.6 Å². The van der Waals surface area contributed by atoms with E-state index in [1.165, 1.54) is 18.2 Å². The van der Waals surface area contributed by atoms with Crippen molar-refractivity contribution < 1.29 is 19.8 Å². The van der Waals surface area contributed by atoms with Gasteiger partial charge in [0.05, 0.1) is 17.7 Å². The quantitative estimate of drug-likeness (QED) is 0.667. The Balaban J connectivity index is 3.22. The van der Waals surface area contributed by atoms with Crippen molar-refractivity contribution in [3.05, 3.63) is 34.9 Å². The van der Waals surface area contributed by atoms with E-state index in [1.54, 1.807) is 7.05 Å². The Morgan fingerprint density at radius 3 is 2.53 bits per heavy atom. The molecule has 5 heteroatoms. The minimum atomic E-state index is -1.13. The Hall–Kier alpha value is -2.32. The fraction of sp³-hybridized carbons (Fsp3) is 0.167.